The monoisotopic (exact) mass is 459 g/mol. The van der Waals surface area contributed by atoms with Gasteiger partial charge in [-0.3, -0.25) is 24.4 Å². The molecule has 3 atom stereocenters. The number of carbonyl (C=O) groups excluding carboxylic acids is 2. The Kier molecular flexibility index (Phi) is 13.5. The molecule has 0 fully saturated rings. The van der Waals surface area contributed by atoms with E-state index >= 15 is 0 Å². The first-order valence-electron chi connectivity index (χ1n) is 9.85. The van der Waals surface area contributed by atoms with Crippen LogP contribution in [-0.4, -0.2) is 77.1 Å². The summed E-state index contributed by atoms with van der Waals surface area (Å²) in [4.78, 5) is 54.7. The smallest absolute Gasteiger partial charge is 0.326 e. The Balaban J connectivity index is 5.00. The van der Waals surface area contributed by atoms with Crippen LogP contribution < -0.4 is 39.3 Å². The Labute approximate surface area is 184 Å². The highest BCUT2D eigenvalue weighted by Gasteiger charge is 2.28. The molecule has 0 aliphatic heterocycles. The summed E-state index contributed by atoms with van der Waals surface area (Å²) in [6.45, 7) is 0.419. The largest absolute Gasteiger partial charge is 0.481 e. The second-order valence-electron chi connectivity index (χ2n) is 6.90. The number of aliphatic carboxylic acids is 2. The van der Waals surface area contributed by atoms with E-state index in [1.807, 2.05) is 0 Å². The van der Waals surface area contributed by atoms with Gasteiger partial charge >= 0.3 is 11.9 Å². The van der Waals surface area contributed by atoms with Crippen molar-refractivity contribution in [1.29, 1.82) is 0 Å². The maximum atomic E-state index is 12.6. The van der Waals surface area contributed by atoms with Gasteiger partial charge in [0.25, 0.3) is 0 Å². The van der Waals surface area contributed by atoms with Crippen molar-refractivity contribution in [3.8, 4) is 0 Å². The Morgan fingerprint density at radius 1 is 0.750 bits per heavy atom. The summed E-state index contributed by atoms with van der Waals surface area (Å²) in [5.74, 6) is -4.28. The highest BCUT2D eigenvalue weighted by molar-refractivity contribution is 5.92. The number of nitrogens with zero attached hydrogens (tertiary/aromatic N) is 2. The van der Waals surface area contributed by atoms with Gasteiger partial charge in [-0.25, -0.2) is 4.79 Å². The summed E-state index contributed by atoms with van der Waals surface area (Å²) < 4.78 is 0. The average Bonchev–Trinajstić information content (AvgIpc) is 2.69. The third-order valence-electron chi connectivity index (χ3n) is 4.14. The predicted molar refractivity (Wildman–Crippen MR) is 116 cm³/mol. The summed E-state index contributed by atoms with van der Waals surface area (Å²) in [7, 11) is 0. The molecular formula is C17H33N9O6. The standard InChI is InChI=1S/C17H33N9O6/c18-9(3-1-7-23-16(19)20)13(29)25-10(5-6-12(27)28)14(30)26-11(15(31)32)4-2-8-24-17(21)22/h9-11H,1-8,18H2,(H,25,29)(H,26,30)(H,27,28)(H,31,32)(H4,19,20,23)(H4,21,22,24)/t9-,10+,11-/m1/s1. The number of guanidine groups is 2. The van der Waals surface area contributed by atoms with Gasteiger partial charge in [0, 0.05) is 19.5 Å². The lowest BCUT2D eigenvalue weighted by molar-refractivity contribution is -0.143. The molecular weight excluding hydrogens is 426 g/mol. The second kappa shape index (κ2) is 15.2. The molecule has 2 amide bonds. The van der Waals surface area contributed by atoms with Gasteiger partial charge in [0.1, 0.15) is 12.1 Å². The molecule has 14 N–H and O–H groups in total. The summed E-state index contributed by atoms with van der Waals surface area (Å²) in [6, 6.07) is -3.57. The summed E-state index contributed by atoms with van der Waals surface area (Å²) >= 11 is 0. The van der Waals surface area contributed by atoms with Crippen LogP contribution in [-0.2, 0) is 19.2 Å². The molecule has 0 radical (unpaired) electrons. The molecule has 0 spiro atoms. The number of nitrogens with two attached hydrogens (primary N) is 5. The van der Waals surface area contributed by atoms with Crippen LogP contribution in [0, 0.1) is 0 Å². The van der Waals surface area contributed by atoms with E-state index in [0.29, 0.717) is 6.42 Å². The van der Waals surface area contributed by atoms with Crippen molar-refractivity contribution in [2.45, 2.75) is 56.7 Å². The number of nitrogens with one attached hydrogen (secondary N) is 2. The number of amides is 2. The van der Waals surface area contributed by atoms with Crippen molar-refractivity contribution >= 4 is 35.7 Å². The minimum absolute atomic E-state index is 0.0156. The Morgan fingerprint density at radius 3 is 1.72 bits per heavy atom. The lowest BCUT2D eigenvalue weighted by atomic mass is 10.1. The number of hydrogen-bond acceptors (Lipinski definition) is 7. The molecule has 32 heavy (non-hydrogen) atoms. The zero-order chi connectivity index (χ0) is 24.7. The van der Waals surface area contributed by atoms with Crippen LogP contribution in [0.4, 0.5) is 0 Å². The molecule has 0 saturated carbocycles. The maximum Gasteiger partial charge on any atom is 0.326 e. The Bertz CT molecular complexity index is 705. The van der Waals surface area contributed by atoms with Gasteiger partial charge in [-0.05, 0) is 32.1 Å². The van der Waals surface area contributed by atoms with Crippen LogP contribution in [0.3, 0.4) is 0 Å². The first-order chi connectivity index (χ1) is 14.9. The van der Waals surface area contributed by atoms with Gasteiger partial charge in [-0.1, -0.05) is 0 Å². The zero-order valence-electron chi connectivity index (χ0n) is 17.7. The van der Waals surface area contributed by atoms with E-state index in [2.05, 4.69) is 20.6 Å². The van der Waals surface area contributed by atoms with Gasteiger partial charge in [0.2, 0.25) is 11.8 Å². The quantitative estimate of drug-likeness (QED) is 0.0615. The molecule has 0 aromatic carbocycles. The summed E-state index contributed by atoms with van der Waals surface area (Å²) in [6.07, 6.45) is 0.200. The fraction of sp³-hybridized carbons (Fsp3) is 0.647. The van der Waals surface area contributed by atoms with Crippen LogP contribution in [0.5, 0.6) is 0 Å². The van der Waals surface area contributed by atoms with Crippen LogP contribution in [0.1, 0.15) is 38.5 Å². The molecule has 0 unspecified atom stereocenters. The Hall–Kier alpha value is -3.62. The van der Waals surface area contributed by atoms with E-state index in [1.54, 1.807) is 0 Å². The van der Waals surface area contributed by atoms with Crippen molar-refractivity contribution in [2.24, 2.45) is 38.7 Å². The topological polar surface area (TPSA) is 288 Å². The van der Waals surface area contributed by atoms with Crippen molar-refractivity contribution in [2.75, 3.05) is 13.1 Å². The number of carboxylic acid groups (broad SMARTS) is 2. The fourth-order valence-corrected chi connectivity index (χ4v) is 2.50. The van der Waals surface area contributed by atoms with Gasteiger partial charge in [-0.15, -0.1) is 0 Å². The first-order valence-corrected chi connectivity index (χ1v) is 9.85. The first kappa shape index (κ1) is 28.4. The normalized spacial score (nSPS) is 13.2. The van der Waals surface area contributed by atoms with E-state index < -0.39 is 48.3 Å². The second-order valence-corrected chi connectivity index (χ2v) is 6.90. The molecule has 0 saturated heterocycles. The van der Waals surface area contributed by atoms with Gasteiger partial charge in [0.05, 0.1) is 6.04 Å². The molecule has 0 aromatic rings. The third-order valence-corrected chi connectivity index (χ3v) is 4.14. The van der Waals surface area contributed by atoms with Gasteiger partial charge in [-0.2, -0.15) is 0 Å². The van der Waals surface area contributed by atoms with Crippen LogP contribution in [0.2, 0.25) is 0 Å². The molecule has 15 nitrogen and oxygen atoms in total. The van der Waals surface area contributed by atoms with E-state index in [1.165, 1.54) is 0 Å². The number of carbonyl (C=O) groups is 4. The lowest BCUT2D eigenvalue weighted by Crippen LogP contribution is -2.54. The number of carboxylic acids is 2. The number of hydrogen-bond donors (Lipinski definition) is 9. The van der Waals surface area contributed by atoms with Crippen LogP contribution in [0.15, 0.2) is 9.98 Å². The van der Waals surface area contributed by atoms with E-state index in [9.17, 15) is 24.3 Å². The van der Waals surface area contributed by atoms with Crippen molar-refractivity contribution < 1.29 is 29.4 Å². The molecule has 15 heteroatoms. The molecule has 0 bridgehead atoms. The molecule has 0 aliphatic carbocycles. The highest BCUT2D eigenvalue weighted by Crippen LogP contribution is 2.05. The lowest BCUT2D eigenvalue weighted by Gasteiger charge is -2.22. The van der Waals surface area contributed by atoms with Gasteiger partial charge in [0.15, 0.2) is 11.9 Å². The van der Waals surface area contributed by atoms with Crippen molar-refractivity contribution in [3.63, 3.8) is 0 Å². The Morgan fingerprint density at radius 2 is 1.25 bits per heavy atom. The third kappa shape index (κ3) is 13.6. The molecule has 0 aromatic heterocycles. The fourth-order valence-electron chi connectivity index (χ4n) is 2.50. The minimum Gasteiger partial charge on any atom is -0.481 e. The van der Waals surface area contributed by atoms with E-state index in [4.69, 9.17) is 33.8 Å². The zero-order valence-corrected chi connectivity index (χ0v) is 17.7. The number of aliphatic imine (C=N–C) groups is 2. The van der Waals surface area contributed by atoms with Crippen molar-refractivity contribution in [1.82, 2.24) is 10.6 Å². The predicted octanol–water partition coefficient (Wildman–Crippen LogP) is -3.66. The van der Waals surface area contributed by atoms with Gasteiger partial charge < -0.3 is 49.5 Å². The van der Waals surface area contributed by atoms with E-state index in [0.717, 1.165) is 0 Å². The summed E-state index contributed by atoms with van der Waals surface area (Å²) in [5.41, 5.74) is 26.6. The maximum absolute atomic E-state index is 12.6. The SMILES string of the molecule is NC(N)=NCCC[C@@H](N)C(=O)N[C@@H](CCC(=O)O)C(=O)N[C@H](CCCN=C(N)N)C(=O)O. The highest BCUT2D eigenvalue weighted by atomic mass is 16.4. The van der Waals surface area contributed by atoms with Crippen LogP contribution in [0.25, 0.3) is 0 Å². The minimum atomic E-state index is -1.30. The summed E-state index contributed by atoms with van der Waals surface area (Å²) in [5, 5.41) is 22.9. The molecule has 0 aliphatic rings. The van der Waals surface area contributed by atoms with E-state index in [-0.39, 0.29) is 50.7 Å². The average molecular weight is 460 g/mol. The van der Waals surface area contributed by atoms with Crippen molar-refractivity contribution in [3.05, 3.63) is 0 Å². The molecule has 0 rings (SSSR count). The number of rotatable bonds is 16. The van der Waals surface area contributed by atoms with Crippen LogP contribution >= 0.6 is 0 Å². The molecule has 0 heterocycles. The molecule has 182 valence electrons.